The summed E-state index contributed by atoms with van der Waals surface area (Å²) in [5.74, 6) is 1.26. The summed E-state index contributed by atoms with van der Waals surface area (Å²) < 4.78 is 15.4. The molecule has 6 heteroatoms. The van der Waals surface area contributed by atoms with Crippen molar-refractivity contribution in [2.45, 2.75) is 19.5 Å². The quantitative estimate of drug-likeness (QED) is 0.710. The predicted octanol–water partition coefficient (Wildman–Crippen LogP) is 0.945. The standard InChI is InChI=1S/C15H24N2O4/c1-11(10-19-2)16-9-15(18)17-8-12-5-6-13(20-3)14(7-12)21-4/h5-7,11,16H,8-10H2,1-4H3,(H,17,18)/t11-/m1/s1. The third-order valence-electron chi connectivity index (χ3n) is 2.97. The molecular weight excluding hydrogens is 272 g/mol. The van der Waals surface area contributed by atoms with Crippen LogP contribution in [0.25, 0.3) is 0 Å². The van der Waals surface area contributed by atoms with Crippen molar-refractivity contribution in [3.8, 4) is 11.5 Å². The van der Waals surface area contributed by atoms with E-state index in [1.807, 2.05) is 25.1 Å². The van der Waals surface area contributed by atoms with Gasteiger partial charge in [-0.1, -0.05) is 6.07 Å². The van der Waals surface area contributed by atoms with Crippen LogP contribution in [0.1, 0.15) is 12.5 Å². The highest BCUT2D eigenvalue weighted by Gasteiger charge is 2.07. The number of hydrogen-bond acceptors (Lipinski definition) is 5. The number of nitrogens with one attached hydrogen (secondary N) is 2. The lowest BCUT2D eigenvalue weighted by Crippen LogP contribution is -2.39. The van der Waals surface area contributed by atoms with Gasteiger partial charge in [-0.2, -0.15) is 0 Å². The van der Waals surface area contributed by atoms with Crippen molar-refractivity contribution < 1.29 is 19.0 Å². The molecule has 1 aromatic rings. The van der Waals surface area contributed by atoms with Crippen LogP contribution in [-0.4, -0.2) is 46.4 Å². The van der Waals surface area contributed by atoms with Gasteiger partial charge in [0.15, 0.2) is 11.5 Å². The zero-order chi connectivity index (χ0) is 15.7. The fourth-order valence-electron chi connectivity index (χ4n) is 1.83. The summed E-state index contributed by atoms with van der Waals surface area (Å²) in [6.45, 7) is 3.24. The van der Waals surface area contributed by atoms with E-state index in [0.717, 1.165) is 5.56 Å². The van der Waals surface area contributed by atoms with Crippen LogP contribution in [0, 0.1) is 0 Å². The topological polar surface area (TPSA) is 68.8 Å². The second-order valence-corrected chi connectivity index (χ2v) is 4.70. The van der Waals surface area contributed by atoms with Crippen molar-refractivity contribution in [2.24, 2.45) is 0 Å². The second-order valence-electron chi connectivity index (χ2n) is 4.70. The van der Waals surface area contributed by atoms with Gasteiger partial charge >= 0.3 is 0 Å². The third kappa shape index (κ3) is 6.01. The molecule has 21 heavy (non-hydrogen) atoms. The Morgan fingerprint density at radius 2 is 1.90 bits per heavy atom. The predicted molar refractivity (Wildman–Crippen MR) is 80.7 cm³/mol. The summed E-state index contributed by atoms with van der Waals surface area (Å²) in [4.78, 5) is 11.7. The number of methoxy groups -OCH3 is 3. The molecule has 0 spiro atoms. The Balaban J connectivity index is 2.42. The van der Waals surface area contributed by atoms with E-state index < -0.39 is 0 Å². The Labute approximate surface area is 125 Å². The minimum atomic E-state index is -0.0623. The number of amides is 1. The van der Waals surface area contributed by atoms with Crippen molar-refractivity contribution >= 4 is 5.91 Å². The number of hydrogen-bond donors (Lipinski definition) is 2. The average Bonchev–Trinajstić information content (AvgIpc) is 2.50. The molecule has 0 aliphatic heterocycles. The van der Waals surface area contributed by atoms with Gasteiger partial charge in [0.25, 0.3) is 0 Å². The second kappa shape index (κ2) is 9.20. The van der Waals surface area contributed by atoms with E-state index in [9.17, 15) is 4.79 Å². The highest BCUT2D eigenvalue weighted by atomic mass is 16.5. The average molecular weight is 296 g/mol. The zero-order valence-corrected chi connectivity index (χ0v) is 13.1. The van der Waals surface area contributed by atoms with Crippen molar-refractivity contribution in [1.82, 2.24) is 10.6 Å². The van der Waals surface area contributed by atoms with Crippen LogP contribution < -0.4 is 20.1 Å². The fourth-order valence-corrected chi connectivity index (χ4v) is 1.83. The lowest BCUT2D eigenvalue weighted by molar-refractivity contribution is -0.120. The Morgan fingerprint density at radius 1 is 1.19 bits per heavy atom. The van der Waals surface area contributed by atoms with Gasteiger partial charge < -0.3 is 24.8 Å². The van der Waals surface area contributed by atoms with Crippen LogP contribution in [0.15, 0.2) is 18.2 Å². The molecule has 1 amide bonds. The van der Waals surface area contributed by atoms with Crippen molar-refractivity contribution in [3.05, 3.63) is 23.8 Å². The van der Waals surface area contributed by atoms with Crippen molar-refractivity contribution in [3.63, 3.8) is 0 Å². The maximum atomic E-state index is 11.7. The maximum Gasteiger partial charge on any atom is 0.234 e. The van der Waals surface area contributed by atoms with Gasteiger partial charge in [0, 0.05) is 19.7 Å². The molecule has 1 aromatic carbocycles. The van der Waals surface area contributed by atoms with Crippen LogP contribution in [0.3, 0.4) is 0 Å². The number of benzene rings is 1. The molecule has 0 aliphatic rings. The van der Waals surface area contributed by atoms with E-state index >= 15 is 0 Å². The monoisotopic (exact) mass is 296 g/mol. The SMILES string of the molecule is COC[C@@H](C)NCC(=O)NCc1ccc(OC)c(OC)c1. The first-order valence-electron chi connectivity index (χ1n) is 6.80. The smallest absolute Gasteiger partial charge is 0.234 e. The summed E-state index contributed by atoms with van der Waals surface area (Å²) >= 11 is 0. The van der Waals surface area contributed by atoms with E-state index in [0.29, 0.717) is 24.7 Å². The zero-order valence-electron chi connectivity index (χ0n) is 13.1. The highest BCUT2D eigenvalue weighted by Crippen LogP contribution is 2.27. The minimum absolute atomic E-state index is 0.0623. The first-order chi connectivity index (χ1) is 10.1. The largest absolute Gasteiger partial charge is 0.493 e. The molecule has 0 unspecified atom stereocenters. The Bertz CT molecular complexity index is 451. The molecule has 1 atom stereocenters. The van der Waals surface area contributed by atoms with Crippen LogP contribution in [0.2, 0.25) is 0 Å². The molecule has 2 N–H and O–H groups in total. The molecule has 0 bridgehead atoms. The van der Waals surface area contributed by atoms with Gasteiger partial charge in [-0.05, 0) is 24.6 Å². The van der Waals surface area contributed by atoms with Crippen molar-refractivity contribution in [1.29, 1.82) is 0 Å². The lowest BCUT2D eigenvalue weighted by Gasteiger charge is -2.13. The molecule has 0 saturated carbocycles. The maximum absolute atomic E-state index is 11.7. The highest BCUT2D eigenvalue weighted by molar-refractivity contribution is 5.78. The summed E-state index contributed by atoms with van der Waals surface area (Å²) in [5, 5.41) is 5.93. The lowest BCUT2D eigenvalue weighted by atomic mass is 10.2. The van der Waals surface area contributed by atoms with Gasteiger partial charge in [0.2, 0.25) is 5.91 Å². The third-order valence-corrected chi connectivity index (χ3v) is 2.97. The number of rotatable bonds is 9. The summed E-state index contributed by atoms with van der Waals surface area (Å²) in [6.07, 6.45) is 0. The number of carbonyl (C=O) groups excluding carboxylic acids is 1. The minimum Gasteiger partial charge on any atom is -0.493 e. The van der Waals surface area contributed by atoms with E-state index in [-0.39, 0.29) is 18.5 Å². The van der Waals surface area contributed by atoms with E-state index in [1.54, 1.807) is 21.3 Å². The Hall–Kier alpha value is -1.79. The molecule has 1 rings (SSSR count). The fraction of sp³-hybridized carbons (Fsp3) is 0.533. The normalized spacial score (nSPS) is 11.8. The molecule has 0 saturated heterocycles. The Morgan fingerprint density at radius 3 is 2.52 bits per heavy atom. The van der Waals surface area contributed by atoms with Gasteiger partial charge in [-0.15, -0.1) is 0 Å². The van der Waals surface area contributed by atoms with Gasteiger partial charge in [-0.3, -0.25) is 4.79 Å². The van der Waals surface area contributed by atoms with E-state index in [2.05, 4.69) is 10.6 Å². The molecule has 6 nitrogen and oxygen atoms in total. The molecule has 118 valence electrons. The summed E-state index contributed by atoms with van der Waals surface area (Å²) in [7, 11) is 4.81. The molecule has 0 aromatic heterocycles. The van der Waals surface area contributed by atoms with E-state index in [4.69, 9.17) is 14.2 Å². The summed E-state index contributed by atoms with van der Waals surface area (Å²) in [6, 6.07) is 5.70. The van der Waals surface area contributed by atoms with Crippen LogP contribution in [0.4, 0.5) is 0 Å². The molecule has 0 fully saturated rings. The molecule has 0 heterocycles. The van der Waals surface area contributed by atoms with Gasteiger partial charge in [0.05, 0.1) is 27.4 Å². The number of ether oxygens (including phenoxy) is 3. The Kier molecular flexibility index (Phi) is 7.56. The summed E-state index contributed by atoms with van der Waals surface area (Å²) in [5.41, 5.74) is 0.950. The van der Waals surface area contributed by atoms with Crippen molar-refractivity contribution in [2.75, 3.05) is 34.5 Å². The number of carbonyl (C=O) groups is 1. The molecule has 0 radical (unpaired) electrons. The molecule has 0 aliphatic carbocycles. The first-order valence-corrected chi connectivity index (χ1v) is 6.80. The van der Waals surface area contributed by atoms with Crippen LogP contribution in [-0.2, 0) is 16.1 Å². The van der Waals surface area contributed by atoms with Crippen LogP contribution in [0.5, 0.6) is 11.5 Å². The van der Waals surface area contributed by atoms with Gasteiger partial charge in [-0.25, -0.2) is 0 Å². The first kappa shape index (κ1) is 17.3. The molecular formula is C15H24N2O4. The van der Waals surface area contributed by atoms with Gasteiger partial charge in [0.1, 0.15) is 0 Å². The van der Waals surface area contributed by atoms with E-state index in [1.165, 1.54) is 0 Å². The van der Waals surface area contributed by atoms with Crippen LogP contribution >= 0.6 is 0 Å².